The van der Waals surface area contributed by atoms with Crippen molar-refractivity contribution in [3.63, 3.8) is 0 Å². The summed E-state index contributed by atoms with van der Waals surface area (Å²) in [4.78, 5) is 0. The molecule has 0 aliphatic carbocycles. The predicted octanol–water partition coefficient (Wildman–Crippen LogP) is 3.08. The molecule has 11 heavy (non-hydrogen) atoms. The molecule has 0 aliphatic rings. The van der Waals surface area contributed by atoms with Crippen molar-refractivity contribution in [1.82, 2.24) is 0 Å². The highest BCUT2D eigenvalue weighted by molar-refractivity contribution is 5.72. The normalized spacial score (nSPS) is 11.2. The highest BCUT2D eigenvalue weighted by Crippen LogP contribution is 2.13. The summed E-state index contributed by atoms with van der Waals surface area (Å²) in [5.74, 6) is 0. The zero-order valence-electron chi connectivity index (χ0n) is 6.62. The Kier molecular flexibility index (Phi) is 2.67. The van der Waals surface area contributed by atoms with Crippen molar-refractivity contribution in [3.8, 4) is 0 Å². The molecule has 55 valence electrons. The van der Waals surface area contributed by atoms with Gasteiger partial charge in [-0.1, -0.05) is 49.1 Å². The molecule has 0 bridgehead atoms. The minimum atomic E-state index is 1.07. The van der Waals surface area contributed by atoms with E-state index in [1.807, 2.05) is 43.3 Å². The summed E-state index contributed by atoms with van der Waals surface area (Å²) in [5, 5.41) is 0. The Morgan fingerprint density at radius 1 is 1.27 bits per heavy atom. The lowest BCUT2D eigenvalue weighted by molar-refractivity contribution is 1.60. The molecule has 0 saturated carbocycles. The van der Waals surface area contributed by atoms with Crippen LogP contribution in [-0.4, -0.2) is 0 Å². The second-order valence-electron chi connectivity index (χ2n) is 2.28. The average molecular weight is 143 g/mol. The molecule has 0 atom stereocenters. The highest BCUT2D eigenvalue weighted by atomic mass is 14.0. The Morgan fingerprint density at radius 2 is 1.91 bits per heavy atom. The van der Waals surface area contributed by atoms with E-state index < -0.39 is 0 Å². The molecule has 0 saturated heterocycles. The average Bonchev–Trinajstić information content (AvgIpc) is 2.09. The fourth-order valence-electron chi connectivity index (χ4n) is 0.990. The van der Waals surface area contributed by atoms with Crippen molar-refractivity contribution in [2.24, 2.45) is 0 Å². The number of rotatable bonds is 2. The third-order valence-electron chi connectivity index (χ3n) is 1.60. The summed E-state index contributed by atoms with van der Waals surface area (Å²) >= 11 is 0. The lowest BCUT2D eigenvalue weighted by Gasteiger charge is -1.98. The van der Waals surface area contributed by atoms with E-state index in [1.165, 1.54) is 0 Å². The lowest BCUT2D eigenvalue weighted by atomic mass is 10.1. The quantitative estimate of drug-likeness (QED) is 0.558. The summed E-state index contributed by atoms with van der Waals surface area (Å²) < 4.78 is 0. The Labute approximate surface area is 67.9 Å². The van der Waals surface area contributed by atoms with Crippen LogP contribution in [-0.2, 0) is 0 Å². The van der Waals surface area contributed by atoms with Crippen molar-refractivity contribution >= 4 is 5.57 Å². The molecule has 0 heteroatoms. The minimum absolute atomic E-state index is 1.07. The van der Waals surface area contributed by atoms with Gasteiger partial charge in [-0.25, -0.2) is 0 Å². The van der Waals surface area contributed by atoms with Crippen LogP contribution in [0.1, 0.15) is 12.5 Å². The van der Waals surface area contributed by atoms with Crippen molar-refractivity contribution in [3.05, 3.63) is 54.6 Å². The summed E-state index contributed by atoms with van der Waals surface area (Å²) in [6.45, 7) is 7.40. The Balaban J connectivity index is 3.01. The monoisotopic (exact) mass is 143 g/mol. The molecule has 0 spiro atoms. The first-order valence-corrected chi connectivity index (χ1v) is 3.65. The molecular weight excluding hydrogens is 132 g/mol. The molecule has 0 aliphatic heterocycles. The third kappa shape index (κ3) is 1.81. The standard InChI is InChI=1S/C11H11/c1-3-10(4-2)11-8-6-5-7-9-11/h1,3-9H,2H3/b3-1?,10-4-. The van der Waals surface area contributed by atoms with E-state index in [-0.39, 0.29) is 0 Å². The van der Waals surface area contributed by atoms with E-state index in [9.17, 15) is 0 Å². The maximum Gasteiger partial charge on any atom is -0.0187 e. The molecule has 0 fully saturated rings. The number of allylic oxidation sites excluding steroid dienone is 3. The molecule has 0 amide bonds. The van der Waals surface area contributed by atoms with E-state index in [2.05, 4.69) is 0 Å². The van der Waals surface area contributed by atoms with E-state index in [1.54, 1.807) is 6.08 Å². The van der Waals surface area contributed by atoms with E-state index in [4.69, 9.17) is 6.58 Å². The zero-order chi connectivity index (χ0) is 8.10. The number of hydrogen-bond acceptors (Lipinski definition) is 0. The number of benzene rings is 1. The zero-order valence-corrected chi connectivity index (χ0v) is 6.62. The largest absolute Gasteiger partial charge is 0.0798 e. The minimum Gasteiger partial charge on any atom is -0.0798 e. The predicted molar refractivity (Wildman–Crippen MR) is 49.0 cm³/mol. The molecule has 0 N–H and O–H groups in total. The molecule has 1 aromatic rings. The van der Waals surface area contributed by atoms with Crippen LogP contribution in [0.3, 0.4) is 0 Å². The van der Waals surface area contributed by atoms with Crippen LogP contribution in [0, 0.1) is 6.58 Å². The van der Waals surface area contributed by atoms with E-state index in [0.717, 1.165) is 11.1 Å². The van der Waals surface area contributed by atoms with Gasteiger partial charge < -0.3 is 0 Å². The summed E-state index contributed by atoms with van der Waals surface area (Å²) in [6, 6.07) is 10.1. The number of hydrogen-bond donors (Lipinski definition) is 0. The van der Waals surface area contributed by atoms with Gasteiger partial charge in [-0.05, 0) is 18.1 Å². The summed E-state index contributed by atoms with van der Waals surface area (Å²) in [6.07, 6.45) is 3.62. The molecular formula is C11H11. The molecule has 0 nitrogen and oxygen atoms in total. The van der Waals surface area contributed by atoms with Gasteiger partial charge in [-0.15, -0.1) is 0 Å². The van der Waals surface area contributed by atoms with Crippen molar-refractivity contribution in [2.75, 3.05) is 0 Å². The third-order valence-corrected chi connectivity index (χ3v) is 1.60. The maximum absolute atomic E-state index is 5.42. The second kappa shape index (κ2) is 3.77. The first kappa shape index (κ1) is 7.80. The lowest BCUT2D eigenvalue weighted by Crippen LogP contribution is -1.76. The summed E-state index contributed by atoms with van der Waals surface area (Å²) in [7, 11) is 0. The van der Waals surface area contributed by atoms with Crippen LogP contribution in [0.15, 0.2) is 42.5 Å². The van der Waals surface area contributed by atoms with Gasteiger partial charge in [0.25, 0.3) is 0 Å². The van der Waals surface area contributed by atoms with Crippen LogP contribution >= 0.6 is 0 Å². The van der Waals surface area contributed by atoms with E-state index in [0.29, 0.717) is 0 Å². The molecule has 0 aromatic heterocycles. The maximum atomic E-state index is 5.42. The molecule has 0 heterocycles. The van der Waals surface area contributed by atoms with Gasteiger partial charge in [-0.2, -0.15) is 0 Å². The van der Waals surface area contributed by atoms with Gasteiger partial charge in [0.15, 0.2) is 0 Å². The Morgan fingerprint density at radius 3 is 2.36 bits per heavy atom. The van der Waals surface area contributed by atoms with Crippen LogP contribution in [0.2, 0.25) is 0 Å². The van der Waals surface area contributed by atoms with Crippen LogP contribution < -0.4 is 0 Å². The molecule has 1 rings (SSSR count). The smallest absolute Gasteiger partial charge is 0.0187 e. The van der Waals surface area contributed by atoms with Crippen LogP contribution in [0.5, 0.6) is 0 Å². The van der Waals surface area contributed by atoms with Gasteiger partial charge in [0.05, 0.1) is 0 Å². The second-order valence-corrected chi connectivity index (χ2v) is 2.28. The van der Waals surface area contributed by atoms with Gasteiger partial charge >= 0.3 is 0 Å². The molecule has 1 radical (unpaired) electrons. The van der Waals surface area contributed by atoms with Crippen molar-refractivity contribution < 1.29 is 0 Å². The summed E-state index contributed by atoms with van der Waals surface area (Å²) in [5.41, 5.74) is 2.24. The first-order chi connectivity index (χ1) is 5.38. The topological polar surface area (TPSA) is 0 Å². The van der Waals surface area contributed by atoms with Gasteiger partial charge in [-0.3, -0.25) is 0 Å². The van der Waals surface area contributed by atoms with Gasteiger partial charge in [0.2, 0.25) is 0 Å². The van der Waals surface area contributed by atoms with Gasteiger partial charge in [0.1, 0.15) is 0 Å². The first-order valence-electron chi connectivity index (χ1n) is 3.65. The van der Waals surface area contributed by atoms with Crippen LogP contribution in [0.25, 0.3) is 5.57 Å². The van der Waals surface area contributed by atoms with E-state index >= 15 is 0 Å². The van der Waals surface area contributed by atoms with Gasteiger partial charge in [0, 0.05) is 0 Å². The highest BCUT2D eigenvalue weighted by Gasteiger charge is 1.91. The molecule has 0 unspecified atom stereocenters. The fourth-order valence-corrected chi connectivity index (χ4v) is 0.990. The van der Waals surface area contributed by atoms with Crippen molar-refractivity contribution in [1.29, 1.82) is 0 Å². The SMILES string of the molecule is [CH]=C/C(=C/C)c1ccccc1. The molecule has 1 aromatic carbocycles. The Hall–Kier alpha value is -1.30. The van der Waals surface area contributed by atoms with Crippen molar-refractivity contribution in [2.45, 2.75) is 6.92 Å². The Bertz CT molecular complexity index is 255. The fraction of sp³-hybridized carbons (Fsp3) is 0.0909. The van der Waals surface area contributed by atoms with Crippen LogP contribution in [0.4, 0.5) is 0 Å².